The summed E-state index contributed by atoms with van der Waals surface area (Å²) < 4.78 is 0. The lowest BCUT2D eigenvalue weighted by atomic mass is 9.99. The fraction of sp³-hybridized carbons (Fsp3) is 0.647. The fourth-order valence-corrected chi connectivity index (χ4v) is 2.85. The van der Waals surface area contributed by atoms with Crippen molar-refractivity contribution in [2.45, 2.75) is 39.7 Å². The van der Waals surface area contributed by atoms with Crippen molar-refractivity contribution >= 4 is 0 Å². The number of nitrogens with one attached hydrogen (secondary N) is 1. The normalized spacial score (nSPS) is 19.1. The van der Waals surface area contributed by atoms with Gasteiger partial charge in [0.2, 0.25) is 0 Å². The number of nitrogens with zero attached hydrogens (tertiary/aromatic N) is 1. The van der Waals surface area contributed by atoms with Crippen LogP contribution in [0.4, 0.5) is 0 Å². The van der Waals surface area contributed by atoms with Gasteiger partial charge in [-0.3, -0.25) is 0 Å². The topological polar surface area (TPSA) is 35.5 Å². The second-order valence-corrected chi connectivity index (χ2v) is 6.26. The summed E-state index contributed by atoms with van der Waals surface area (Å²) in [6.07, 6.45) is 2.66. The summed E-state index contributed by atoms with van der Waals surface area (Å²) in [6.45, 7) is 11.0. The number of likely N-dealkylation sites (tertiary alicyclic amines) is 1. The molecule has 20 heavy (non-hydrogen) atoms. The van der Waals surface area contributed by atoms with Crippen molar-refractivity contribution < 1.29 is 5.11 Å². The molecule has 0 aliphatic carbocycles. The molecular weight excluding hydrogens is 248 g/mol. The molecule has 1 aliphatic heterocycles. The Morgan fingerprint density at radius 1 is 1.35 bits per heavy atom. The standard InChI is InChI=1S/C17H28N2O/c1-13-6-9-19(10-7-13)11-8-18-15(3)16-5-4-14(2)12-17(16)20/h4-5,12-13,15,18,20H,6-11H2,1-3H3. The van der Waals surface area contributed by atoms with Crippen LogP contribution in [-0.4, -0.2) is 36.2 Å². The van der Waals surface area contributed by atoms with Gasteiger partial charge < -0.3 is 15.3 Å². The Hall–Kier alpha value is -1.06. The summed E-state index contributed by atoms with van der Waals surface area (Å²) in [6, 6.07) is 6.10. The molecule has 1 unspecified atom stereocenters. The van der Waals surface area contributed by atoms with E-state index in [2.05, 4.69) is 30.1 Å². The number of hydrogen-bond donors (Lipinski definition) is 2. The smallest absolute Gasteiger partial charge is 0.120 e. The van der Waals surface area contributed by atoms with Gasteiger partial charge in [0.05, 0.1) is 0 Å². The molecule has 0 spiro atoms. The Morgan fingerprint density at radius 2 is 2.05 bits per heavy atom. The largest absolute Gasteiger partial charge is 0.508 e. The van der Waals surface area contributed by atoms with Crippen LogP contribution in [0.3, 0.4) is 0 Å². The molecule has 1 heterocycles. The lowest BCUT2D eigenvalue weighted by Crippen LogP contribution is -2.38. The van der Waals surface area contributed by atoms with Gasteiger partial charge in [0.15, 0.2) is 0 Å². The molecule has 1 aliphatic rings. The van der Waals surface area contributed by atoms with E-state index in [0.29, 0.717) is 5.75 Å². The van der Waals surface area contributed by atoms with Gasteiger partial charge in [-0.2, -0.15) is 0 Å². The summed E-state index contributed by atoms with van der Waals surface area (Å²) in [7, 11) is 0. The third-order valence-electron chi connectivity index (χ3n) is 4.41. The number of piperidine rings is 1. The molecule has 3 nitrogen and oxygen atoms in total. The van der Waals surface area contributed by atoms with Crippen molar-refractivity contribution in [2.24, 2.45) is 5.92 Å². The molecule has 1 saturated heterocycles. The lowest BCUT2D eigenvalue weighted by molar-refractivity contribution is 0.191. The monoisotopic (exact) mass is 276 g/mol. The number of rotatable bonds is 5. The zero-order chi connectivity index (χ0) is 14.5. The average molecular weight is 276 g/mol. The summed E-state index contributed by atoms with van der Waals surface area (Å²) in [5, 5.41) is 13.5. The highest BCUT2D eigenvalue weighted by Gasteiger charge is 2.15. The molecule has 0 radical (unpaired) electrons. The molecule has 1 aromatic rings. The molecule has 1 fully saturated rings. The van der Waals surface area contributed by atoms with E-state index >= 15 is 0 Å². The van der Waals surface area contributed by atoms with Crippen molar-refractivity contribution in [1.29, 1.82) is 0 Å². The van der Waals surface area contributed by atoms with E-state index in [4.69, 9.17) is 0 Å². The molecule has 0 amide bonds. The van der Waals surface area contributed by atoms with Crippen molar-refractivity contribution in [3.8, 4) is 5.75 Å². The maximum atomic E-state index is 9.99. The van der Waals surface area contributed by atoms with E-state index in [0.717, 1.165) is 30.1 Å². The summed E-state index contributed by atoms with van der Waals surface area (Å²) in [5.41, 5.74) is 2.09. The molecule has 0 saturated carbocycles. The molecule has 2 rings (SSSR count). The van der Waals surface area contributed by atoms with Crippen molar-refractivity contribution in [3.05, 3.63) is 29.3 Å². The quantitative estimate of drug-likeness (QED) is 0.867. The van der Waals surface area contributed by atoms with E-state index < -0.39 is 0 Å². The van der Waals surface area contributed by atoms with E-state index in [1.165, 1.54) is 25.9 Å². The van der Waals surface area contributed by atoms with Gasteiger partial charge in [-0.1, -0.05) is 19.1 Å². The van der Waals surface area contributed by atoms with Gasteiger partial charge in [-0.15, -0.1) is 0 Å². The number of phenols is 1. The summed E-state index contributed by atoms with van der Waals surface area (Å²) in [5.74, 6) is 1.29. The second kappa shape index (κ2) is 7.09. The first-order valence-corrected chi connectivity index (χ1v) is 7.81. The fourth-order valence-electron chi connectivity index (χ4n) is 2.85. The van der Waals surface area contributed by atoms with Gasteiger partial charge in [0.1, 0.15) is 5.75 Å². The van der Waals surface area contributed by atoms with Gasteiger partial charge in [0.25, 0.3) is 0 Å². The minimum Gasteiger partial charge on any atom is -0.508 e. The van der Waals surface area contributed by atoms with Gasteiger partial charge in [-0.25, -0.2) is 0 Å². The van der Waals surface area contributed by atoms with Crippen LogP contribution in [0.1, 0.15) is 43.9 Å². The zero-order valence-corrected chi connectivity index (χ0v) is 13.0. The Kier molecular flexibility index (Phi) is 5.44. The third-order valence-corrected chi connectivity index (χ3v) is 4.41. The predicted molar refractivity (Wildman–Crippen MR) is 84.1 cm³/mol. The molecule has 0 aromatic heterocycles. The Balaban J connectivity index is 1.76. The van der Waals surface area contributed by atoms with Crippen LogP contribution in [0.15, 0.2) is 18.2 Å². The van der Waals surface area contributed by atoms with Gasteiger partial charge in [0, 0.05) is 24.7 Å². The van der Waals surface area contributed by atoms with Crippen LogP contribution in [0, 0.1) is 12.8 Å². The highest BCUT2D eigenvalue weighted by atomic mass is 16.3. The number of hydrogen-bond acceptors (Lipinski definition) is 3. The van der Waals surface area contributed by atoms with E-state index in [1.54, 1.807) is 0 Å². The van der Waals surface area contributed by atoms with Crippen LogP contribution >= 0.6 is 0 Å². The van der Waals surface area contributed by atoms with Gasteiger partial charge >= 0.3 is 0 Å². The molecular formula is C17H28N2O. The number of aryl methyl sites for hydroxylation is 1. The summed E-state index contributed by atoms with van der Waals surface area (Å²) in [4.78, 5) is 2.54. The molecule has 1 aromatic carbocycles. The first-order valence-electron chi connectivity index (χ1n) is 7.81. The number of aromatic hydroxyl groups is 1. The van der Waals surface area contributed by atoms with Crippen molar-refractivity contribution in [3.63, 3.8) is 0 Å². The summed E-state index contributed by atoms with van der Waals surface area (Å²) >= 11 is 0. The molecule has 112 valence electrons. The van der Waals surface area contributed by atoms with E-state index in [-0.39, 0.29) is 6.04 Å². The van der Waals surface area contributed by atoms with E-state index in [9.17, 15) is 5.11 Å². The zero-order valence-electron chi connectivity index (χ0n) is 13.0. The maximum Gasteiger partial charge on any atom is 0.120 e. The lowest BCUT2D eigenvalue weighted by Gasteiger charge is -2.30. The number of phenolic OH excluding ortho intramolecular Hbond substituents is 1. The van der Waals surface area contributed by atoms with Crippen LogP contribution < -0.4 is 5.32 Å². The van der Waals surface area contributed by atoms with E-state index in [1.807, 2.05) is 19.1 Å². The van der Waals surface area contributed by atoms with Crippen LogP contribution in [0.5, 0.6) is 5.75 Å². The van der Waals surface area contributed by atoms with Gasteiger partial charge in [-0.05, 0) is 57.3 Å². The molecule has 0 bridgehead atoms. The second-order valence-electron chi connectivity index (χ2n) is 6.26. The van der Waals surface area contributed by atoms with Crippen LogP contribution in [-0.2, 0) is 0 Å². The molecule has 1 atom stereocenters. The van der Waals surface area contributed by atoms with Crippen LogP contribution in [0.2, 0.25) is 0 Å². The average Bonchev–Trinajstić information content (AvgIpc) is 2.41. The highest BCUT2D eigenvalue weighted by Crippen LogP contribution is 2.24. The maximum absolute atomic E-state index is 9.99. The Bertz CT molecular complexity index is 425. The first kappa shape index (κ1) is 15.3. The molecule has 2 N–H and O–H groups in total. The van der Waals surface area contributed by atoms with Crippen LogP contribution in [0.25, 0.3) is 0 Å². The molecule has 3 heteroatoms. The minimum absolute atomic E-state index is 0.194. The van der Waals surface area contributed by atoms with Crippen molar-refractivity contribution in [1.82, 2.24) is 10.2 Å². The predicted octanol–water partition coefficient (Wildman–Crippen LogP) is 3.08. The Morgan fingerprint density at radius 3 is 2.70 bits per heavy atom. The highest BCUT2D eigenvalue weighted by molar-refractivity contribution is 5.37. The minimum atomic E-state index is 0.194. The first-order chi connectivity index (χ1) is 9.56. The SMILES string of the molecule is Cc1ccc(C(C)NCCN2CCC(C)CC2)c(O)c1. The third kappa shape index (κ3) is 4.22. The number of benzene rings is 1. The van der Waals surface area contributed by atoms with Crippen molar-refractivity contribution in [2.75, 3.05) is 26.2 Å². The Labute approximate surface area is 123 Å².